The SMILES string of the molecule is CC(C)(O)CCC[C@@H]1C[C@H]2[C@@H]3CCc4cc(O)ccc4[C@H]3CC[C@]2(C)[C@@]1(C)O. The number of aliphatic hydroxyl groups is 2. The third kappa shape index (κ3) is 3.19. The molecule has 0 spiro atoms. The maximum absolute atomic E-state index is 11.7. The van der Waals surface area contributed by atoms with Crippen LogP contribution < -0.4 is 0 Å². The van der Waals surface area contributed by atoms with E-state index in [1.165, 1.54) is 17.5 Å². The lowest BCUT2D eigenvalue weighted by Crippen LogP contribution is -2.51. The van der Waals surface area contributed by atoms with Crippen molar-refractivity contribution in [3.63, 3.8) is 0 Å². The molecule has 0 radical (unpaired) electrons. The molecule has 1 aromatic carbocycles. The molecule has 0 heterocycles. The van der Waals surface area contributed by atoms with Crippen LogP contribution in [0.5, 0.6) is 5.75 Å². The molecular weight excluding hydrogens is 348 g/mol. The van der Waals surface area contributed by atoms with Crippen LogP contribution in [0.4, 0.5) is 0 Å². The van der Waals surface area contributed by atoms with Crippen molar-refractivity contribution in [2.24, 2.45) is 23.2 Å². The van der Waals surface area contributed by atoms with Gasteiger partial charge in [0.05, 0.1) is 11.2 Å². The van der Waals surface area contributed by atoms with Gasteiger partial charge >= 0.3 is 0 Å². The lowest BCUT2D eigenvalue weighted by Gasteiger charge is -2.53. The molecule has 3 aliphatic rings. The summed E-state index contributed by atoms with van der Waals surface area (Å²) in [7, 11) is 0. The van der Waals surface area contributed by atoms with Crippen LogP contribution in [0.3, 0.4) is 0 Å². The standard InChI is InChI=1S/C25H38O3/c1-23(2,27)12-5-6-17-15-22-21-9-7-16-14-18(26)8-10-19(16)20(21)11-13-24(22,3)25(17,4)28/h8,10,14,17,20-22,26-28H,5-7,9,11-13,15H2,1-4H3/t17-,20-,21-,22+,24+,25+/m1/s1. The fraction of sp³-hybridized carbons (Fsp3) is 0.760. The van der Waals surface area contributed by atoms with Gasteiger partial charge in [0, 0.05) is 0 Å². The number of benzene rings is 1. The average Bonchev–Trinajstić information content (AvgIpc) is 2.80. The van der Waals surface area contributed by atoms with E-state index in [1.54, 1.807) is 0 Å². The molecule has 4 rings (SSSR count). The molecular formula is C25H38O3. The second kappa shape index (κ2) is 6.74. The van der Waals surface area contributed by atoms with E-state index < -0.39 is 11.2 Å². The molecule has 0 aromatic heterocycles. The lowest BCUT2D eigenvalue weighted by molar-refractivity contribution is -0.110. The highest BCUT2D eigenvalue weighted by Crippen LogP contribution is 2.66. The van der Waals surface area contributed by atoms with Gasteiger partial charge in [-0.15, -0.1) is 0 Å². The minimum atomic E-state index is -0.628. The van der Waals surface area contributed by atoms with Gasteiger partial charge in [0.25, 0.3) is 0 Å². The summed E-state index contributed by atoms with van der Waals surface area (Å²) >= 11 is 0. The highest BCUT2D eigenvalue weighted by molar-refractivity contribution is 5.40. The van der Waals surface area contributed by atoms with E-state index in [1.807, 2.05) is 26.0 Å². The first-order valence-electron chi connectivity index (χ1n) is 11.3. The lowest BCUT2D eigenvalue weighted by atomic mass is 9.53. The van der Waals surface area contributed by atoms with E-state index in [-0.39, 0.29) is 5.41 Å². The topological polar surface area (TPSA) is 60.7 Å². The summed E-state index contributed by atoms with van der Waals surface area (Å²) < 4.78 is 0. The number of aromatic hydroxyl groups is 1. The third-order valence-electron chi connectivity index (χ3n) is 8.93. The van der Waals surface area contributed by atoms with Gasteiger partial charge in [0.15, 0.2) is 0 Å². The van der Waals surface area contributed by atoms with Crippen molar-refractivity contribution in [3.05, 3.63) is 29.3 Å². The summed E-state index contributed by atoms with van der Waals surface area (Å²) in [5.41, 5.74) is 1.52. The highest BCUT2D eigenvalue weighted by atomic mass is 16.3. The van der Waals surface area contributed by atoms with Crippen molar-refractivity contribution in [1.29, 1.82) is 0 Å². The van der Waals surface area contributed by atoms with Crippen molar-refractivity contribution in [3.8, 4) is 5.75 Å². The zero-order chi connectivity index (χ0) is 20.3. The van der Waals surface area contributed by atoms with Crippen LogP contribution in [0, 0.1) is 23.2 Å². The Hall–Kier alpha value is -1.06. The predicted octanol–water partition coefficient (Wildman–Crippen LogP) is 5.17. The summed E-state index contributed by atoms with van der Waals surface area (Å²) in [6.07, 6.45) is 8.33. The van der Waals surface area contributed by atoms with Gasteiger partial charge < -0.3 is 15.3 Å². The van der Waals surface area contributed by atoms with Gasteiger partial charge in [-0.2, -0.15) is 0 Å². The summed E-state index contributed by atoms with van der Waals surface area (Å²) in [5.74, 6) is 2.49. The van der Waals surface area contributed by atoms with Crippen molar-refractivity contribution in [2.75, 3.05) is 0 Å². The van der Waals surface area contributed by atoms with Gasteiger partial charge in [-0.25, -0.2) is 0 Å². The molecule has 1 aromatic rings. The van der Waals surface area contributed by atoms with Crippen LogP contribution in [0.2, 0.25) is 0 Å². The fourth-order valence-electron chi connectivity index (χ4n) is 7.13. The number of aryl methyl sites for hydroxylation is 1. The Labute approximate surface area is 170 Å². The van der Waals surface area contributed by atoms with E-state index in [4.69, 9.17) is 0 Å². The number of phenols is 1. The summed E-state index contributed by atoms with van der Waals surface area (Å²) in [4.78, 5) is 0. The number of phenolic OH excluding ortho intramolecular Hbond substituents is 1. The molecule has 3 N–H and O–H groups in total. The Morgan fingerprint density at radius 1 is 1.18 bits per heavy atom. The third-order valence-corrected chi connectivity index (χ3v) is 8.93. The van der Waals surface area contributed by atoms with Gasteiger partial charge in [0.1, 0.15) is 5.75 Å². The van der Waals surface area contributed by atoms with Crippen LogP contribution in [0.1, 0.15) is 89.7 Å². The van der Waals surface area contributed by atoms with Crippen LogP contribution in [-0.2, 0) is 6.42 Å². The Kier molecular flexibility index (Phi) is 4.87. The normalized spacial score (nSPS) is 39.9. The first kappa shape index (κ1) is 20.2. The molecule has 0 saturated heterocycles. The second-order valence-corrected chi connectivity index (χ2v) is 11.0. The van der Waals surface area contributed by atoms with E-state index in [2.05, 4.69) is 19.9 Å². The molecule has 3 aliphatic carbocycles. The minimum Gasteiger partial charge on any atom is -0.508 e. The van der Waals surface area contributed by atoms with E-state index in [0.717, 1.165) is 44.9 Å². The first-order valence-corrected chi connectivity index (χ1v) is 11.3. The van der Waals surface area contributed by atoms with Crippen LogP contribution in [-0.4, -0.2) is 26.5 Å². The monoisotopic (exact) mass is 386 g/mol. The van der Waals surface area contributed by atoms with Gasteiger partial charge in [-0.3, -0.25) is 0 Å². The Morgan fingerprint density at radius 2 is 1.93 bits per heavy atom. The van der Waals surface area contributed by atoms with Crippen LogP contribution >= 0.6 is 0 Å². The number of fused-ring (bicyclic) bond motifs is 5. The maximum Gasteiger partial charge on any atom is 0.115 e. The van der Waals surface area contributed by atoms with Crippen molar-refractivity contribution < 1.29 is 15.3 Å². The van der Waals surface area contributed by atoms with Crippen LogP contribution in [0.15, 0.2) is 18.2 Å². The largest absolute Gasteiger partial charge is 0.508 e. The summed E-state index contributed by atoms with van der Waals surface area (Å²) in [6.45, 7) is 8.19. The van der Waals surface area contributed by atoms with Crippen LogP contribution in [0.25, 0.3) is 0 Å². The molecule has 3 nitrogen and oxygen atoms in total. The zero-order valence-corrected chi connectivity index (χ0v) is 18.0. The summed E-state index contributed by atoms with van der Waals surface area (Å²) in [5, 5.41) is 31.6. The van der Waals surface area contributed by atoms with Gasteiger partial charge in [-0.05, 0) is 118 Å². The molecule has 0 amide bonds. The minimum absolute atomic E-state index is 0.0119. The smallest absolute Gasteiger partial charge is 0.115 e. The molecule has 3 heteroatoms. The summed E-state index contributed by atoms with van der Waals surface area (Å²) in [6, 6.07) is 5.96. The number of rotatable bonds is 4. The predicted molar refractivity (Wildman–Crippen MR) is 112 cm³/mol. The average molecular weight is 387 g/mol. The number of hydrogen-bond donors (Lipinski definition) is 3. The molecule has 2 saturated carbocycles. The van der Waals surface area contributed by atoms with Crippen molar-refractivity contribution in [1.82, 2.24) is 0 Å². The quantitative estimate of drug-likeness (QED) is 0.669. The van der Waals surface area contributed by atoms with E-state index >= 15 is 0 Å². The van der Waals surface area contributed by atoms with Gasteiger partial charge in [-0.1, -0.05) is 19.4 Å². The van der Waals surface area contributed by atoms with Gasteiger partial charge in [0.2, 0.25) is 0 Å². The highest BCUT2D eigenvalue weighted by Gasteiger charge is 2.63. The molecule has 2 fully saturated rings. The molecule has 6 atom stereocenters. The zero-order valence-electron chi connectivity index (χ0n) is 18.0. The maximum atomic E-state index is 11.7. The molecule has 156 valence electrons. The Morgan fingerprint density at radius 3 is 2.64 bits per heavy atom. The number of hydrogen-bond acceptors (Lipinski definition) is 3. The Bertz CT molecular complexity index is 732. The molecule has 0 bridgehead atoms. The van der Waals surface area contributed by atoms with Crippen molar-refractivity contribution in [2.45, 2.75) is 96.2 Å². The molecule has 28 heavy (non-hydrogen) atoms. The Balaban J connectivity index is 1.56. The van der Waals surface area contributed by atoms with E-state index in [9.17, 15) is 15.3 Å². The second-order valence-electron chi connectivity index (χ2n) is 11.0. The van der Waals surface area contributed by atoms with Crippen molar-refractivity contribution >= 4 is 0 Å². The fourth-order valence-corrected chi connectivity index (χ4v) is 7.13. The first-order chi connectivity index (χ1) is 13.0. The molecule has 0 unspecified atom stereocenters. The molecule has 0 aliphatic heterocycles. The van der Waals surface area contributed by atoms with E-state index in [0.29, 0.717) is 29.4 Å².